The normalized spacial score (nSPS) is 11.1. The molecule has 2 aromatic rings. The predicted octanol–water partition coefficient (Wildman–Crippen LogP) is 3.49. The monoisotopic (exact) mass is 411 g/mol. The highest BCUT2D eigenvalue weighted by atomic mass is 35.5. The molecular weight excluding hydrogens is 390 g/mol. The van der Waals surface area contributed by atoms with E-state index in [-0.39, 0.29) is 5.95 Å². The Balaban J connectivity index is 2.17. The van der Waals surface area contributed by atoms with E-state index in [1.165, 1.54) is 0 Å². The summed E-state index contributed by atoms with van der Waals surface area (Å²) in [6, 6.07) is 4.25. The van der Waals surface area contributed by atoms with Gasteiger partial charge in [0, 0.05) is 16.4 Å². The molecule has 0 spiro atoms. The third kappa shape index (κ3) is 5.80. The van der Waals surface area contributed by atoms with Crippen LogP contribution in [0.3, 0.4) is 0 Å². The molecule has 2 rings (SSSR count). The zero-order chi connectivity index (χ0) is 20.2. The lowest BCUT2D eigenvalue weighted by Gasteiger charge is -2.16. The number of amides is 2. The topological polar surface area (TPSA) is 113 Å². The Kier molecular flexibility index (Phi) is 6.61. The summed E-state index contributed by atoms with van der Waals surface area (Å²) < 4.78 is 29.1. The van der Waals surface area contributed by atoms with Crippen molar-refractivity contribution in [1.82, 2.24) is 14.7 Å². The maximum atomic E-state index is 12.4. The first-order chi connectivity index (χ1) is 12.6. The van der Waals surface area contributed by atoms with Crippen molar-refractivity contribution >= 4 is 39.5 Å². The van der Waals surface area contributed by atoms with Crippen LogP contribution in [0.25, 0.3) is 0 Å². The number of nitrogens with zero attached hydrogens (tertiary/aromatic N) is 2. The fraction of sp³-hybridized carbons (Fsp3) is 0.353. The lowest BCUT2D eigenvalue weighted by Crippen LogP contribution is -2.39. The van der Waals surface area contributed by atoms with Crippen LogP contribution in [0.2, 0.25) is 5.02 Å². The Labute approximate surface area is 163 Å². The van der Waals surface area contributed by atoms with Gasteiger partial charge in [0.25, 0.3) is 0 Å². The van der Waals surface area contributed by atoms with Crippen molar-refractivity contribution in [3.63, 3.8) is 0 Å². The Morgan fingerprint density at radius 1 is 1.15 bits per heavy atom. The standard InChI is InChI=1S/C17H22ClN5O3S/c1-5-6-13-7-8-14(18)12(4)15(13)22-27(25,26)23-17(24)21-16-19-10(2)9-11(3)20-16/h7-9,22H,5-6H2,1-4H3,(H2,19,20,21,23,24). The van der Waals surface area contributed by atoms with Gasteiger partial charge < -0.3 is 0 Å². The van der Waals surface area contributed by atoms with Crippen molar-refractivity contribution in [2.24, 2.45) is 0 Å². The van der Waals surface area contributed by atoms with Gasteiger partial charge >= 0.3 is 16.2 Å². The number of hydrogen-bond donors (Lipinski definition) is 3. The van der Waals surface area contributed by atoms with E-state index in [0.717, 1.165) is 12.0 Å². The van der Waals surface area contributed by atoms with E-state index in [1.807, 2.05) is 11.6 Å². The first-order valence-electron chi connectivity index (χ1n) is 8.33. The quantitative estimate of drug-likeness (QED) is 0.673. The van der Waals surface area contributed by atoms with Crippen LogP contribution in [0, 0.1) is 20.8 Å². The number of carbonyl (C=O) groups is 1. The van der Waals surface area contributed by atoms with E-state index >= 15 is 0 Å². The molecule has 0 radical (unpaired) electrons. The van der Waals surface area contributed by atoms with Crippen LogP contribution in [0.15, 0.2) is 18.2 Å². The van der Waals surface area contributed by atoms with Crippen molar-refractivity contribution in [2.75, 3.05) is 10.0 Å². The van der Waals surface area contributed by atoms with E-state index in [1.54, 1.807) is 39.0 Å². The fourth-order valence-corrected chi connectivity index (χ4v) is 3.61. The number of anilines is 2. The minimum atomic E-state index is -4.18. The molecule has 0 saturated carbocycles. The minimum absolute atomic E-state index is 0.0193. The number of halogens is 1. The second-order valence-corrected chi connectivity index (χ2v) is 7.91. The van der Waals surface area contributed by atoms with Crippen molar-refractivity contribution in [3.05, 3.63) is 45.7 Å². The van der Waals surface area contributed by atoms with Crippen LogP contribution < -0.4 is 14.8 Å². The van der Waals surface area contributed by atoms with E-state index in [2.05, 4.69) is 20.0 Å². The van der Waals surface area contributed by atoms with Gasteiger partial charge in [-0.1, -0.05) is 31.0 Å². The van der Waals surface area contributed by atoms with Crippen molar-refractivity contribution in [1.29, 1.82) is 0 Å². The van der Waals surface area contributed by atoms with E-state index < -0.39 is 16.2 Å². The smallest absolute Gasteiger partial charge is 0.275 e. The van der Waals surface area contributed by atoms with Gasteiger partial charge in [-0.2, -0.15) is 8.42 Å². The molecule has 146 valence electrons. The molecule has 2 amide bonds. The van der Waals surface area contributed by atoms with E-state index in [0.29, 0.717) is 34.1 Å². The lowest BCUT2D eigenvalue weighted by molar-refractivity contribution is 0.256. The fourth-order valence-electron chi connectivity index (χ4n) is 2.55. The van der Waals surface area contributed by atoms with Crippen LogP contribution in [0.4, 0.5) is 16.4 Å². The number of rotatable bonds is 6. The largest absolute Gasteiger partial charge is 0.336 e. The summed E-state index contributed by atoms with van der Waals surface area (Å²) in [5.41, 5.74) is 3.05. The summed E-state index contributed by atoms with van der Waals surface area (Å²) in [5, 5.41) is 2.74. The highest BCUT2D eigenvalue weighted by Gasteiger charge is 2.19. The summed E-state index contributed by atoms with van der Waals surface area (Å²) in [6.07, 6.45) is 1.49. The molecule has 0 bridgehead atoms. The van der Waals surface area contributed by atoms with Gasteiger partial charge in [0.2, 0.25) is 5.95 Å². The number of hydrogen-bond acceptors (Lipinski definition) is 5. The molecule has 0 saturated heterocycles. The molecule has 0 aliphatic heterocycles. The molecule has 0 unspecified atom stereocenters. The van der Waals surface area contributed by atoms with Gasteiger partial charge in [0.1, 0.15) is 0 Å². The molecule has 1 heterocycles. The van der Waals surface area contributed by atoms with Crippen molar-refractivity contribution in [3.8, 4) is 0 Å². The number of carbonyl (C=O) groups excluding carboxylic acids is 1. The minimum Gasteiger partial charge on any atom is -0.275 e. The number of aryl methyl sites for hydroxylation is 3. The van der Waals surface area contributed by atoms with Gasteiger partial charge in [-0.05, 0) is 50.5 Å². The molecule has 1 aromatic carbocycles. The second kappa shape index (κ2) is 8.53. The number of nitrogens with one attached hydrogen (secondary N) is 3. The maximum absolute atomic E-state index is 12.4. The summed E-state index contributed by atoms with van der Waals surface area (Å²) >= 11 is 6.11. The zero-order valence-corrected chi connectivity index (χ0v) is 17.1. The van der Waals surface area contributed by atoms with Crippen molar-refractivity contribution in [2.45, 2.75) is 40.5 Å². The third-order valence-electron chi connectivity index (χ3n) is 3.68. The Morgan fingerprint density at radius 3 is 2.37 bits per heavy atom. The van der Waals surface area contributed by atoms with Gasteiger partial charge in [-0.15, -0.1) is 0 Å². The summed E-state index contributed by atoms with van der Waals surface area (Å²) in [6.45, 7) is 7.18. The van der Waals surface area contributed by atoms with E-state index in [4.69, 9.17) is 11.6 Å². The SMILES string of the molecule is CCCc1ccc(Cl)c(C)c1NS(=O)(=O)NC(=O)Nc1nc(C)cc(C)n1. The maximum Gasteiger partial charge on any atom is 0.336 e. The average Bonchev–Trinajstić information content (AvgIpc) is 2.52. The summed E-state index contributed by atoms with van der Waals surface area (Å²) in [4.78, 5) is 20.1. The molecule has 0 aliphatic rings. The highest BCUT2D eigenvalue weighted by molar-refractivity contribution is 7.91. The molecule has 0 atom stereocenters. The van der Waals surface area contributed by atoms with Crippen LogP contribution in [0.5, 0.6) is 0 Å². The second-order valence-electron chi connectivity index (χ2n) is 6.09. The molecule has 0 fully saturated rings. The molecule has 27 heavy (non-hydrogen) atoms. The number of urea groups is 1. The predicted molar refractivity (Wildman–Crippen MR) is 106 cm³/mol. The third-order valence-corrected chi connectivity index (χ3v) is 5.01. The van der Waals surface area contributed by atoms with Crippen LogP contribution in [0.1, 0.15) is 35.9 Å². The number of aromatic nitrogens is 2. The Hall–Kier alpha value is -2.39. The first kappa shape index (κ1) is 20.9. The van der Waals surface area contributed by atoms with E-state index in [9.17, 15) is 13.2 Å². The van der Waals surface area contributed by atoms with Crippen LogP contribution >= 0.6 is 11.6 Å². The van der Waals surface area contributed by atoms with Gasteiger partial charge in [0.15, 0.2) is 0 Å². The average molecular weight is 412 g/mol. The summed E-state index contributed by atoms with van der Waals surface area (Å²) in [5.74, 6) is 0.0193. The van der Waals surface area contributed by atoms with Crippen LogP contribution in [-0.4, -0.2) is 24.4 Å². The van der Waals surface area contributed by atoms with Gasteiger partial charge in [-0.3, -0.25) is 10.0 Å². The lowest BCUT2D eigenvalue weighted by atomic mass is 10.0. The van der Waals surface area contributed by atoms with Crippen LogP contribution in [-0.2, 0) is 16.6 Å². The highest BCUT2D eigenvalue weighted by Crippen LogP contribution is 2.29. The molecule has 10 heteroatoms. The molecule has 8 nitrogen and oxygen atoms in total. The van der Waals surface area contributed by atoms with Gasteiger partial charge in [0.05, 0.1) is 5.69 Å². The number of benzene rings is 1. The molecular formula is C17H22ClN5O3S. The molecule has 0 aliphatic carbocycles. The van der Waals surface area contributed by atoms with Gasteiger partial charge in [-0.25, -0.2) is 19.5 Å². The Morgan fingerprint density at radius 2 is 1.78 bits per heavy atom. The molecule has 3 N–H and O–H groups in total. The summed E-state index contributed by atoms with van der Waals surface area (Å²) in [7, 11) is -4.18. The Bertz CT molecular complexity index is 943. The zero-order valence-electron chi connectivity index (χ0n) is 15.6. The molecule has 1 aromatic heterocycles. The van der Waals surface area contributed by atoms with Crippen molar-refractivity contribution < 1.29 is 13.2 Å². The first-order valence-corrected chi connectivity index (χ1v) is 10.2.